The smallest absolute Gasteiger partial charge is 0.340 e. The van der Waals surface area contributed by atoms with Crippen LogP contribution in [0.3, 0.4) is 0 Å². The summed E-state index contributed by atoms with van der Waals surface area (Å²) in [5.74, 6) is -0.0779. The molecule has 0 atom stereocenters. The third-order valence-corrected chi connectivity index (χ3v) is 5.24. The van der Waals surface area contributed by atoms with Gasteiger partial charge in [0, 0.05) is 17.0 Å². The van der Waals surface area contributed by atoms with Gasteiger partial charge in [0.1, 0.15) is 5.75 Å². The van der Waals surface area contributed by atoms with Gasteiger partial charge in [0.25, 0.3) is 5.56 Å². The van der Waals surface area contributed by atoms with Crippen molar-refractivity contribution in [3.8, 4) is 17.3 Å². The minimum atomic E-state index is -0.483. The molecule has 0 saturated heterocycles. The molecule has 1 aromatic heterocycles. The van der Waals surface area contributed by atoms with Gasteiger partial charge in [0.15, 0.2) is 0 Å². The number of aromatic nitrogens is 1. The summed E-state index contributed by atoms with van der Waals surface area (Å²) in [6.45, 7) is 4.39. The first-order valence-electron chi connectivity index (χ1n) is 10.9. The molecule has 7 heteroatoms. The molecule has 172 valence electrons. The summed E-state index contributed by atoms with van der Waals surface area (Å²) in [6, 6.07) is 20.7. The lowest BCUT2D eigenvalue weighted by molar-refractivity contribution is 0.0527. The van der Waals surface area contributed by atoms with Gasteiger partial charge in [-0.1, -0.05) is 30.3 Å². The fourth-order valence-corrected chi connectivity index (χ4v) is 3.69. The molecule has 4 aromatic rings. The Hall–Kier alpha value is -4.39. The Kier molecular flexibility index (Phi) is 6.73. The van der Waals surface area contributed by atoms with Gasteiger partial charge in [-0.05, 0) is 56.3 Å². The van der Waals surface area contributed by atoms with Crippen LogP contribution < -0.4 is 10.3 Å². The Morgan fingerprint density at radius 1 is 0.941 bits per heavy atom. The van der Waals surface area contributed by atoms with Crippen molar-refractivity contribution in [2.75, 3.05) is 13.2 Å². The Labute approximate surface area is 196 Å². The van der Waals surface area contributed by atoms with E-state index in [-0.39, 0.29) is 18.0 Å². The summed E-state index contributed by atoms with van der Waals surface area (Å²) in [7, 11) is 0. The molecule has 0 spiro atoms. The van der Waals surface area contributed by atoms with Crippen molar-refractivity contribution in [1.82, 2.24) is 4.57 Å². The molecule has 1 N–H and O–H groups in total. The number of rotatable bonds is 7. The van der Waals surface area contributed by atoms with E-state index in [0.717, 1.165) is 0 Å². The Morgan fingerprint density at radius 2 is 1.62 bits per heavy atom. The van der Waals surface area contributed by atoms with Gasteiger partial charge in [-0.3, -0.25) is 9.79 Å². The number of nitrogens with zero attached hydrogens (tertiary/aromatic N) is 2. The van der Waals surface area contributed by atoms with E-state index in [4.69, 9.17) is 9.47 Å². The van der Waals surface area contributed by atoms with E-state index < -0.39 is 5.97 Å². The summed E-state index contributed by atoms with van der Waals surface area (Å²) in [6.07, 6.45) is 1.46. The number of benzene rings is 3. The molecule has 0 aliphatic carbocycles. The number of aromatic hydroxyl groups is 1. The van der Waals surface area contributed by atoms with Crippen LogP contribution in [0, 0.1) is 0 Å². The number of ether oxygens (including phenoxy) is 2. The summed E-state index contributed by atoms with van der Waals surface area (Å²) >= 11 is 0. The van der Waals surface area contributed by atoms with Crippen LogP contribution in [-0.2, 0) is 4.74 Å². The summed E-state index contributed by atoms with van der Waals surface area (Å²) in [5, 5.41) is 12.2. The van der Waals surface area contributed by atoms with Gasteiger partial charge in [0.05, 0.1) is 35.7 Å². The Balaban J connectivity index is 1.88. The third-order valence-electron chi connectivity index (χ3n) is 5.24. The maximum atomic E-state index is 13.3. The van der Waals surface area contributed by atoms with Crippen molar-refractivity contribution < 1.29 is 19.4 Å². The number of hydrogen-bond acceptors (Lipinski definition) is 6. The number of hydrogen-bond donors (Lipinski definition) is 1. The third kappa shape index (κ3) is 4.41. The van der Waals surface area contributed by atoms with Crippen LogP contribution in [0.5, 0.6) is 11.6 Å². The van der Waals surface area contributed by atoms with E-state index in [2.05, 4.69) is 4.99 Å². The number of esters is 1. The van der Waals surface area contributed by atoms with Gasteiger partial charge in [-0.25, -0.2) is 9.36 Å². The van der Waals surface area contributed by atoms with E-state index in [9.17, 15) is 14.7 Å². The predicted molar refractivity (Wildman–Crippen MR) is 132 cm³/mol. The van der Waals surface area contributed by atoms with E-state index in [1.807, 2.05) is 6.92 Å². The van der Waals surface area contributed by atoms with Gasteiger partial charge >= 0.3 is 5.97 Å². The lowest BCUT2D eigenvalue weighted by Crippen LogP contribution is -2.20. The van der Waals surface area contributed by atoms with Crippen LogP contribution in [0.4, 0.5) is 5.69 Å². The van der Waals surface area contributed by atoms with E-state index in [1.165, 1.54) is 10.8 Å². The molecule has 0 aliphatic rings. The van der Waals surface area contributed by atoms with Crippen molar-refractivity contribution in [1.29, 1.82) is 0 Å². The number of carbonyl (C=O) groups excluding carboxylic acids is 1. The Bertz CT molecular complexity index is 1420. The zero-order chi connectivity index (χ0) is 24.1. The van der Waals surface area contributed by atoms with Crippen molar-refractivity contribution in [2.45, 2.75) is 13.8 Å². The van der Waals surface area contributed by atoms with Gasteiger partial charge in [-0.2, -0.15) is 0 Å². The molecule has 0 fully saturated rings. The highest BCUT2D eigenvalue weighted by molar-refractivity contribution is 6.03. The van der Waals surface area contributed by atoms with Crippen molar-refractivity contribution in [3.63, 3.8) is 0 Å². The lowest BCUT2D eigenvalue weighted by Gasteiger charge is -2.14. The molecule has 0 unspecified atom stereocenters. The first kappa shape index (κ1) is 22.8. The molecule has 3 aromatic carbocycles. The molecule has 0 aliphatic heterocycles. The molecule has 4 rings (SSSR count). The standard InChI is InChI=1S/C27H24N2O5/c1-3-33-19-15-13-18(14-16-19)29-25(30)21-10-6-5-9-20(21)23(26(29)31)17-28-24-12-8-7-11-22(24)27(32)34-4-2/h5-17,31H,3-4H2,1-2H3. The lowest BCUT2D eigenvalue weighted by atomic mass is 10.1. The second-order valence-electron chi connectivity index (χ2n) is 7.35. The molecule has 0 bridgehead atoms. The zero-order valence-electron chi connectivity index (χ0n) is 18.9. The van der Waals surface area contributed by atoms with Crippen molar-refractivity contribution in [3.05, 3.63) is 94.3 Å². The minimum Gasteiger partial charge on any atom is -0.494 e. The van der Waals surface area contributed by atoms with Crippen LogP contribution in [-0.4, -0.2) is 35.1 Å². The average molecular weight is 456 g/mol. The van der Waals surface area contributed by atoms with Gasteiger partial charge in [-0.15, -0.1) is 0 Å². The van der Waals surface area contributed by atoms with Crippen molar-refractivity contribution >= 4 is 28.6 Å². The van der Waals surface area contributed by atoms with Gasteiger partial charge in [0.2, 0.25) is 5.88 Å². The van der Waals surface area contributed by atoms with E-state index in [0.29, 0.717) is 45.6 Å². The quantitative estimate of drug-likeness (QED) is 0.311. The normalized spacial score (nSPS) is 11.1. The highest BCUT2D eigenvalue weighted by Crippen LogP contribution is 2.28. The maximum absolute atomic E-state index is 13.3. The van der Waals surface area contributed by atoms with Crippen LogP contribution in [0.1, 0.15) is 29.8 Å². The second kappa shape index (κ2) is 10.0. The molecule has 34 heavy (non-hydrogen) atoms. The van der Waals surface area contributed by atoms with Crippen molar-refractivity contribution in [2.24, 2.45) is 4.99 Å². The van der Waals surface area contributed by atoms with Crippen LogP contribution in [0.15, 0.2) is 82.6 Å². The minimum absolute atomic E-state index is 0.245. The number of aliphatic imine (C=N–C) groups is 1. The fourth-order valence-electron chi connectivity index (χ4n) is 3.69. The van der Waals surface area contributed by atoms with E-state index in [1.54, 1.807) is 79.7 Å². The SMILES string of the molecule is CCOC(=O)c1ccccc1N=Cc1c(O)n(-c2ccc(OCC)cc2)c(=O)c2ccccc12. The summed E-state index contributed by atoms with van der Waals surface area (Å²) in [5.41, 5.74) is 1.18. The summed E-state index contributed by atoms with van der Waals surface area (Å²) in [4.78, 5) is 30.1. The maximum Gasteiger partial charge on any atom is 0.340 e. The molecule has 0 saturated carbocycles. The zero-order valence-corrected chi connectivity index (χ0v) is 18.9. The van der Waals surface area contributed by atoms with E-state index >= 15 is 0 Å². The van der Waals surface area contributed by atoms with Crippen LogP contribution >= 0.6 is 0 Å². The molecular weight excluding hydrogens is 432 g/mol. The number of fused-ring (bicyclic) bond motifs is 1. The fraction of sp³-hybridized carbons (Fsp3) is 0.148. The number of carbonyl (C=O) groups is 1. The highest BCUT2D eigenvalue weighted by Gasteiger charge is 2.17. The topological polar surface area (TPSA) is 90.1 Å². The first-order chi connectivity index (χ1) is 16.5. The van der Waals surface area contributed by atoms with Crippen LogP contribution in [0.2, 0.25) is 0 Å². The highest BCUT2D eigenvalue weighted by atomic mass is 16.5. The van der Waals surface area contributed by atoms with Crippen LogP contribution in [0.25, 0.3) is 16.5 Å². The molecule has 1 heterocycles. The Morgan fingerprint density at radius 3 is 2.32 bits per heavy atom. The molecule has 7 nitrogen and oxygen atoms in total. The van der Waals surface area contributed by atoms with Gasteiger partial charge < -0.3 is 14.6 Å². The summed E-state index contributed by atoms with van der Waals surface area (Å²) < 4.78 is 11.8. The predicted octanol–water partition coefficient (Wildman–Crippen LogP) is 5.02. The first-order valence-corrected chi connectivity index (χ1v) is 10.9. The monoisotopic (exact) mass is 456 g/mol. The molecule has 0 radical (unpaired) electrons. The average Bonchev–Trinajstić information content (AvgIpc) is 2.85. The number of pyridine rings is 1. The molecule has 0 amide bonds. The largest absolute Gasteiger partial charge is 0.494 e. The molecular formula is C27H24N2O5. The second-order valence-corrected chi connectivity index (χ2v) is 7.35. The number of para-hydroxylation sites is 1.